The first-order chi connectivity index (χ1) is 13.5. The van der Waals surface area contributed by atoms with Crippen LogP contribution in [0.25, 0.3) is 5.69 Å². The lowest BCUT2D eigenvalue weighted by Crippen LogP contribution is -2.41. The van der Waals surface area contributed by atoms with Crippen LogP contribution in [-0.2, 0) is 13.2 Å². The molecular formula is C19H14BrF3N2O4. The molecule has 0 atom stereocenters. The minimum atomic E-state index is -4.85. The van der Waals surface area contributed by atoms with E-state index < -0.39 is 23.1 Å². The summed E-state index contributed by atoms with van der Waals surface area (Å²) in [6, 6.07) is 9.40. The molecule has 0 saturated carbocycles. The van der Waals surface area contributed by atoms with Crippen LogP contribution in [0.15, 0.2) is 56.5 Å². The van der Waals surface area contributed by atoms with Crippen LogP contribution < -0.4 is 16.0 Å². The summed E-state index contributed by atoms with van der Waals surface area (Å²) in [6.07, 6.45) is -4.85. The van der Waals surface area contributed by atoms with E-state index in [1.54, 1.807) is 25.1 Å². The van der Waals surface area contributed by atoms with Crippen molar-refractivity contribution in [2.45, 2.75) is 13.1 Å². The monoisotopic (exact) mass is 470 g/mol. The van der Waals surface area contributed by atoms with Crippen LogP contribution in [0.5, 0.6) is 17.2 Å². The van der Waals surface area contributed by atoms with Gasteiger partial charge in [0.05, 0.1) is 10.2 Å². The van der Waals surface area contributed by atoms with Gasteiger partial charge in [-0.05, 0) is 46.6 Å². The molecular weight excluding hydrogens is 457 g/mol. The average molecular weight is 471 g/mol. The first kappa shape index (κ1) is 20.7. The van der Waals surface area contributed by atoms with E-state index in [2.05, 4.69) is 15.9 Å². The molecule has 1 N–H and O–H groups in total. The summed E-state index contributed by atoms with van der Waals surface area (Å²) in [4.78, 5) is 24.9. The maximum absolute atomic E-state index is 13.1. The molecule has 1 heterocycles. The fourth-order valence-electron chi connectivity index (χ4n) is 2.74. The minimum absolute atomic E-state index is 0.0537. The Morgan fingerprint density at radius 3 is 2.34 bits per heavy atom. The summed E-state index contributed by atoms with van der Waals surface area (Å²) in [5.41, 5.74) is -3.12. The number of aromatic nitrogens is 2. The van der Waals surface area contributed by atoms with Crippen molar-refractivity contribution in [3.8, 4) is 22.9 Å². The van der Waals surface area contributed by atoms with Crippen LogP contribution in [-0.4, -0.2) is 14.2 Å². The maximum atomic E-state index is 13.1. The Bertz CT molecular complexity index is 1220. The van der Waals surface area contributed by atoms with Crippen molar-refractivity contribution in [3.05, 3.63) is 79.0 Å². The van der Waals surface area contributed by atoms with Gasteiger partial charge in [0.2, 0.25) is 0 Å². The van der Waals surface area contributed by atoms with E-state index in [4.69, 9.17) is 4.74 Å². The molecule has 3 aromatic rings. The number of aryl methyl sites for hydroxylation is 1. The summed E-state index contributed by atoms with van der Waals surface area (Å²) >= 11 is 3.30. The van der Waals surface area contributed by atoms with Crippen molar-refractivity contribution < 1.29 is 23.0 Å². The van der Waals surface area contributed by atoms with Gasteiger partial charge in [0.15, 0.2) is 11.5 Å². The van der Waals surface area contributed by atoms with Crippen molar-refractivity contribution in [2.75, 3.05) is 0 Å². The average Bonchev–Trinajstić information content (AvgIpc) is 2.62. The number of hydrogen-bond acceptors (Lipinski definition) is 4. The zero-order valence-corrected chi connectivity index (χ0v) is 16.7. The molecule has 0 spiro atoms. The molecule has 10 heteroatoms. The summed E-state index contributed by atoms with van der Waals surface area (Å²) in [7, 11) is 0.939. The fourth-order valence-corrected chi connectivity index (χ4v) is 3.28. The molecule has 2 aromatic carbocycles. The summed E-state index contributed by atoms with van der Waals surface area (Å²) in [5.74, 6) is 0.140. The second-order valence-corrected chi connectivity index (χ2v) is 7.04. The smallest absolute Gasteiger partial charge is 0.431 e. The molecule has 6 nitrogen and oxygen atoms in total. The molecule has 1 aromatic heterocycles. The molecule has 0 radical (unpaired) electrons. The van der Waals surface area contributed by atoms with Crippen LogP contribution in [0, 0.1) is 6.92 Å². The highest BCUT2D eigenvalue weighted by Gasteiger charge is 2.35. The molecule has 0 aliphatic carbocycles. The highest BCUT2D eigenvalue weighted by molar-refractivity contribution is 9.10. The lowest BCUT2D eigenvalue weighted by Gasteiger charge is -2.17. The number of benzene rings is 2. The topological polar surface area (TPSA) is 73.5 Å². The molecule has 29 heavy (non-hydrogen) atoms. The van der Waals surface area contributed by atoms with Gasteiger partial charge in [-0.1, -0.05) is 12.1 Å². The highest BCUT2D eigenvalue weighted by atomic mass is 79.9. The van der Waals surface area contributed by atoms with Gasteiger partial charge in [-0.15, -0.1) is 0 Å². The molecule has 0 aliphatic heterocycles. The number of hydrogen-bond donors (Lipinski definition) is 1. The standard InChI is InChI=1S/C19H14BrF3N2O4/c1-10-7-11(20)15(29-14-6-4-3-5-13(14)26)8-12(10)25-17(27)9-16(19(21,22)23)24(2)18(25)28/h3-9,26H,1-2H3. The number of alkyl halides is 3. The van der Waals surface area contributed by atoms with E-state index in [1.165, 1.54) is 18.2 Å². The second kappa shape index (κ2) is 7.43. The Hall–Kier alpha value is -3.01. The van der Waals surface area contributed by atoms with Crippen LogP contribution >= 0.6 is 15.9 Å². The van der Waals surface area contributed by atoms with Crippen LogP contribution in [0.4, 0.5) is 13.2 Å². The number of para-hydroxylation sites is 2. The van der Waals surface area contributed by atoms with Crippen molar-refractivity contribution in [2.24, 2.45) is 7.05 Å². The largest absolute Gasteiger partial charge is 0.504 e. The van der Waals surface area contributed by atoms with Crippen molar-refractivity contribution in [3.63, 3.8) is 0 Å². The molecule has 3 rings (SSSR count). The maximum Gasteiger partial charge on any atom is 0.431 e. The van der Waals surface area contributed by atoms with Gasteiger partial charge in [-0.2, -0.15) is 13.2 Å². The Balaban J connectivity index is 2.20. The molecule has 0 aliphatic rings. The normalized spacial score (nSPS) is 11.5. The first-order valence-electron chi connectivity index (χ1n) is 8.17. The van der Waals surface area contributed by atoms with Gasteiger partial charge < -0.3 is 9.84 Å². The first-order valence-corrected chi connectivity index (χ1v) is 8.96. The number of rotatable bonds is 3. The number of phenolic OH excluding ortho intramolecular Hbond substituents is 1. The van der Waals surface area contributed by atoms with Gasteiger partial charge in [0.1, 0.15) is 11.4 Å². The Morgan fingerprint density at radius 1 is 1.07 bits per heavy atom. The van der Waals surface area contributed by atoms with E-state index in [0.29, 0.717) is 25.2 Å². The molecule has 0 unspecified atom stereocenters. The third kappa shape index (κ3) is 3.93. The van der Waals surface area contributed by atoms with E-state index >= 15 is 0 Å². The number of halogens is 4. The van der Waals surface area contributed by atoms with Gasteiger partial charge >= 0.3 is 11.9 Å². The van der Waals surface area contributed by atoms with E-state index in [-0.39, 0.29) is 22.9 Å². The molecule has 0 saturated heterocycles. The van der Waals surface area contributed by atoms with Crippen LogP contribution in [0.2, 0.25) is 0 Å². The lowest BCUT2D eigenvalue weighted by atomic mass is 10.2. The predicted octanol–water partition coefficient (Wildman–Crippen LogP) is 4.12. The van der Waals surface area contributed by atoms with E-state index in [9.17, 15) is 27.9 Å². The second-order valence-electron chi connectivity index (χ2n) is 6.18. The molecule has 152 valence electrons. The van der Waals surface area contributed by atoms with Gasteiger partial charge in [-0.25, -0.2) is 9.36 Å². The predicted molar refractivity (Wildman–Crippen MR) is 103 cm³/mol. The van der Waals surface area contributed by atoms with Gasteiger partial charge in [0, 0.05) is 19.2 Å². The van der Waals surface area contributed by atoms with Crippen molar-refractivity contribution >= 4 is 15.9 Å². The third-order valence-corrected chi connectivity index (χ3v) is 4.81. The highest BCUT2D eigenvalue weighted by Crippen LogP contribution is 2.36. The zero-order chi connectivity index (χ0) is 21.5. The SMILES string of the molecule is Cc1cc(Br)c(Oc2ccccc2O)cc1-n1c(=O)cc(C(F)(F)F)n(C)c1=O. The summed E-state index contributed by atoms with van der Waals surface area (Å²) in [6.45, 7) is 1.59. The summed E-state index contributed by atoms with van der Waals surface area (Å²) in [5, 5.41) is 9.88. The van der Waals surface area contributed by atoms with Crippen molar-refractivity contribution in [1.82, 2.24) is 9.13 Å². The lowest BCUT2D eigenvalue weighted by molar-refractivity contribution is -0.144. The summed E-state index contributed by atoms with van der Waals surface area (Å²) < 4.78 is 46.3. The van der Waals surface area contributed by atoms with Crippen molar-refractivity contribution in [1.29, 1.82) is 0 Å². The van der Waals surface area contributed by atoms with Crippen LogP contribution in [0.3, 0.4) is 0 Å². The van der Waals surface area contributed by atoms with E-state index in [0.717, 1.165) is 7.05 Å². The Morgan fingerprint density at radius 2 is 1.72 bits per heavy atom. The third-order valence-electron chi connectivity index (χ3n) is 4.19. The Kier molecular flexibility index (Phi) is 5.31. The zero-order valence-electron chi connectivity index (χ0n) is 15.1. The van der Waals surface area contributed by atoms with Gasteiger partial charge in [-0.3, -0.25) is 9.36 Å². The number of ether oxygens (including phenoxy) is 1. The minimum Gasteiger partial charge on any atom is -0.504 e. The fraction of sp³-hybridized carbons (Fsp3) is 0.158. The molecule has 0 fully saturated rings. The van der Waals surface area contributed by atoms with Crippen LogP contribution in [0.1, 0.15) is 11.3 Å². The molecule has 0 bridgehead atoms. The molecule has 0 amide bonds. The quantitative estimate of drug-likeness (QED) is 0.624. The van der Waals surface area contributed by atoms with Gasteiger partial charge in [0.25, 0.3) is 5.56 Å². The Labute approximate surface area is 170 Å². The number of aromatic hydroxyl groups is 1. The van der Waals surface area contributed by atoms with E-state index in [1.807, 2.05) is 0 Å². The number of phenols is 1. The number of nitrogens with zero attached hydrogens (tertiary/aromatic N) is 2.